The number of benzene rings is 1. The fraction of sp³-hybridized carbons (Fsp3) is 0.467. The van der Waals surface area contributed by atoms with Crippen LogP contribution in [0.2, 0.25) is 0 Å². The minimum atomic E-state index is -0.193. The molecule has 0 atom stereocenters. The molecule has 1 aromatic rings. The minimum Gasteiger partial charge on any atom is -0.397 e. The molecule has 1 aromatic carbocycles. The van der Waals surface area contributed by atoms with E-state index in [4.69, 9.17) is 5.73 Å². The molecule has 1 aliphatic heterocycles. The van der Waals surface area contributed by atoms with Crippen LogP contribution >= 0.6 is 0 Å². The zero-order valence-electron chi connectivity index (χ0n) is 11.8. The van der Waals surface area contributed by atoms with Crippen molar-refractivity contribution in [2.24, 2.45) is 0 Å². The van der Waals surface area contributed by atoms with Crippen molar-refractivity contribution in [3.63, 3.8) is 0 Å². The predicted octanol–water partition coefficient (Wildman–Crippen LogP) is 1.92. The molecule has 5 heteroatoms. The largest absolute Gasteiger partial charge is 0.397 e. The number of hydrogen-bond acceptors (Lipinski definition) is 3. The molecule has 1 heterocycles. The standard InChI is InChI=1S/C15H21N3O2/c1-11-6-5-7-12(16)15(11)17-13(19)10-18-9-4-2-3-8-14(18)20/h5-7H,2-4,8-10,16H2,1H3,(H,17,19). The van der Waals surface area contributed by atoms with E-state index in [1.54, 1.807) is 11.0 Å². The number of nitrogens with two attached hydrogens (primary N) is 1. The number of nitrogens with one attached hydrogen (secondary N) is 1. The smallest absolute Gasteiger partial charge is 0.244 e. The van der Waals surface area contributed by atoms with Crippen molar-refractivity contribution < 1.29 is 9.59 Å². The van der Waals surface area contributed by atoms with Crippen LogP contribution in [-0.4, -0.2) is 29.8 Å². The number of carbonyl (C=O) groups excluding carboxylic acids is 2. The van der Waals surface area contributed by atoms with Gasteiger partial charge in [-0.1, -0.05) is 18.6 Å². The number of nitrogens with zero attached hydrogens (tertiary/aromatic N) is 1. The van der Waals surface area contributed by atoms with Gasteiger partial charge in [-0.2, -0.15) is 0 Å². The summed E-state index contributed by atoms with van der Waals surface area (Å²) in [5.74, 6) is -0.128. The fourth-order valence-corrected chi connectivity index (χ4v) is 2.42. The Morgan fingerprint density at radius 3 is 2.90 bits per heavy atom. The highest BCUT2D eigenvalue weighted by atomic mass is 16.2. The van der Waals surface area contributed by atoms with Gasteiger partial charge in [0.05, 0.1) is 17.9 Å². The Balaban J connectivity index is 2.00. The Morgan fingerprint density at radius 1 is 1.35 bits per heavy atom. The van der Waals surface area contributed by atoms with Crippen LogP contribution in [0.5, 0.6) is 0 Å². The first-order valence-corrected chi connectivity index (χ1v) is 7.00. The summed E-state index contributed by atoms with van der Waals surface area (Å²) in [7, 11) is 0. The minimum absolute atomic E-state index is 0.0652. The van der Waals surface area contributed by atoms with E-state index in [0.717, 1.165) is 24.8 Å². The summed E-state index contributed by atoms with van der Waals surface area (Å²) in [6.07, 6.45) is 3.47. The SMILES string of the molecule is Cc1cccc(N)c1NC(=O)CN1CCCCCC1=O. The van der Waals surface area contributed by atoms with E-state index in [0.29, 0.717) is 24.3 Å². The predicted molar refractivity (Wildman–Crippen MR) is 79.3 cm³/mol. The van der Waals surface area contributed by atoms with E-state index in [9.17, 15) is 9.59 Å². The van der Waals surface area contributed by atoms with Crippen LogP contribution in [0.25, 0.3) is 0 Å². The zero-order valence-corrected chi connectivity index (χ0v) is 11.8. The third-order valence-corrected chi connectivity index (χ3v) is 3.58. The summed E-state index contributed by atoms with van der Waals surface area (Å²) in [6.45, 7) is 2.66. The molecule has 108 valence electrons. The highest BCUT2D eigenvalue weighted by Gasteiger charge is 2.19. The quantitative estimate of drug-likeness (QED) is 0.827. The van der Waals surface area contributed by atoms with Gasteiger partial charge < -0.3 is 16.0 Å². The number of anilines is 2. The van der Waals surface area contributed by atoms with Crippen LogP contribution in [0.4, 0.5) is 11.4 Å². The summed E-state index contributed by atoms with van der Waals surface area (Å²) >= 11 is 0. The molecule has 0 spiro atoms. The first kappa shape index (κ1) is 14.4. The lowest BCUT2D eigenvalue weighted by molar-refractivity contribution is -0.134. The molecule has 5 nitrogen and oxygen atoms in total. The Bertz CT molecular complexity index is 494. The maximum Gasteiger partial charge on any atom is 0.244 e. The topological polar surface area (TPSA) is 75.4 Å². The van der Waals surface area contributed by atoms with Crippen molar-refractivity contribution in [1.29, 1.82) is 0 Å². The first-order valence-electron chi connectivity index (χ1n) is 7.00. The van der Waals surface area contributed by atoms with Gasteiger partial charge in [0.15, 0.2) is 0 Å². The second-order valence-corrected chi connectivity index (χ2v) is 5.21. The molecule has 20 heavy (non-hydrogen) atoms. The summed E-state index contributed by atoms with van der Waals surface area (Å²) in [5, 5.41) is 2.81. The number of hydrogen-bond donors (Lipinski definition) is 2. The number of aryl methyl sites for hydroxylation is 1. The van der Waals surface area contributed by atoms with E-state index in [1.165, 1.54) is 0 Å². The summed E-state index contributed by atoms with van der Waals surface area (Å²) < 4.78 is 0. The Labute approximate surface area is 119 Å². The van der Waals surface area contributed by atoms with Gasteiger partial charge in [-0.05, 0) is 31.4 Å². The van der Waals surface area contributed by atoms with Crippen LogP contribution in [-0.2, 0) is 9.59 Å². The lowest BCUT2D eigenvalue weighted by Crippen LogP contribution is -2.37. The molecule has 2 rings (SSSR count). The third-order valence-electron chi connectivity index (χ3n) is 3.58. The van der Waals surface area contributed by atoms with Crippen molar-refractivity contribution in [3.8, 4) is 0 Å². The molecule has 0 aliphatic carbocycles. The summed E-state index contributed by atoms with van der Waals surface area (Å²) in [6, 6.07) is 5.49. The lowest BCUT2D eigenvalue weighted by atomic mass is 10.1. The number of amides is 2. The monoisotopic (exact) mass is 275 g/mol. The number of likely N-dealkylation sites (tertiary alicyclic amines) is 1. The number of para-hydroxylation sites is 1. The van der Waals surface area contributed by atoms with Gasteiger partial charge in [0.1, 0.15) is 0 Å². The van der Waals surface area contributed by atoms with E-state index >= 15 is 0 Å². The number of carbonyl (C=O) groups is 2. The molecule has 0 radical (unpaired) electrons. The molecule has 1 aliphatic rings. The van der Waals surface area contributed by atoms with Crippen LogP contribution in [0.1, 0.15) is 31.2 Å². The normalized spacial score (nSPS) is 15.8. The second kappa shape index (κ2) is 6.41. The van der Waals surface area contributed by atoms with Gasteiger partial charge >= 0.3 is 0 Å². The van der Waals surface area contributed by atoms with Crippen LogP contribution < -0.4 is 11.1 Å². The van der Waals surface area contributed by atoms with Crippen LogP contribution in [0.15, 0.2) is 18.2 Å². The lowest BCUT2D eigenvalue weighted by Gasteiger charge is -2.20. The average molecular weight is 275 g/mol. The molecule has 0 saturated carbocycles. The average Bonchev–Trinajstić information content (AvgIpc) is 2.60. The Kier molecular flexibility index (Phi) is 4.61. The van der Waals surface area contributed by atoms with Crippen molar-refractivity contribution >= 4 is 23.2 Å². The van der Waals surface area contributed by atoms with Gasteiger partial charge in [-0.15, -0.1) is 0 Å². The molecule has 1 fully saturated rings. The molecule has 0 unspecified atom stereocenters. The zero-order chi connectivity index (χ0) is 14.5. The summed E-state index contributed by atoms with van der Waals surface area (Å²) in [5.41, 5.74) is 7.96. The van der Waals surface area contributed by atoms with Crippen molar-refractivity contribution in [2.45, 2.75) is 32.6 Å². The van der Waals surface area contributed by atoms with Crippen molar-refractivity contribution in [2.75, 3.05) is 24.1 Å². The first-order chi connectivity index (χ1) is 9.58. The molecule has 1 saturated heterocycles. The summed E-state index contributed by atoms with van der Waals surface area (Å²) in [4.78, 5) is 25.6. The highest BCUT2D eigenvalue weighted by molar-refractivity contribution is 5.97. The van der Waals surface area contributed by atoms with Gasteiger partial charge in [0.25, 0.3) is 0 Å². The van der Waals surface area contributed by atoms with E-state index in [-0.39, 0.29) is 18.4 Å². The number of nitrogen functional groups attached to an aromatic ring is 1. The number of rotatable bonds is 3. The van der Waals surface area contributed by atoms with E-state index in [1.807, 2.05) is 19.1 Å². The van der Waals surface area contributed by atoms with Gasteiger partial charge in [0, 0.05) is 13.0 Å². The van der Waals surface area contributed by atoms with Crippen LogP contribution in [0, 0.1) is 6.92 Å². The van der Waals surface area contributed by atoms with Crippen LogP contribution in [0.3, 0.4) is 0 Å². The van der Waals surface area contributed by atoms with Gasteiger partial charge in [-0.25, -0.2) is 0 Å². The molecule has 0 bridgehead atoms. The molecular weight excluding hydrogens is 254 g/mol. The highest BCUT2D eigenvalue weighted by Crippen LogP contribution is 2.22. The van der Waals surface area contributed by atoms with Gasteiger partial charge in [-0.3, -0.25) is 9.59 Å². The maximum atomic E-state index is 12.1. The molecule has 0 aromatic heterocycles. The Morgan fingerprint density at radius 2 is 2.15 bits per heavy atom. The molecular formula is C15H21N3O2. The maximum absolute atomic E-state index is 12.1. The van der Waals surface area contributed by atoms with E-state index < -0.39 is 0 Å². The molecule has 2 amide bonds. The van der Waals surface area contributed by atoms with Gasteiger partial charge in [0.2, 0.25) is 11.8 Å². The third kappa shape index (κ3) is 3.50. The van der Waals surface area contributed by atoms with Crippen molar-refractivity contribution in [1.82, 2.24) is 4.90 Å². The molecule has 3 N–H and O–H groups in total. The fourth-order valence-electron chi connectivity index (χ4n) is 2.42. The van der Waals surface area contributed by atoms with E-state index in [2.05, 4.69) is 5.32 Å². The second-order valence-electron chi connectivity index (χ2n) is 5.21. The van der Waals surface area contributed by atoms with Crippen molar-refractivity contribution in [3.05, 3.63) is 23.8 Å². The Hall–Kier alpha value is -2.04.